The number of pyridine rings is 1. The smallest absolute Gasteiger partial charge is 0.257 e. The van der Waals surface area contributed by atoms with Crippen LogP contribution in [0.1, 0.15) is 27.6 Å². The molecule has 0 aliphatic rings. The highest BCUT2D eigenvalue weighted by molar-refractivity contribution is 6.05. The standard InChI is InChI=1S/C15H15N3O3/c1-2-17-14(20)10-4-3-5-12(6-10)18-15(21)11-7-13(19)9-16-8-11/h3-9,19H,2H2,1H3,(H,17,20)(H,18,21). The Hall–Kier alpha value is -2.89. The highest BCUT2D eigenvalue weighted by Gasteiger charge is 2.09. The Morgan fingerprint density at radius 2 is 1.95 bits per heavy atom. The number of carbonyl (C=O) groups excluding carboxylic acids is 2. The van der Waals surface area contributed by atoms with Crippen molar-refractivity contribution in [1.82, 2.24) is 10.3 Å². The maximum absolute atomic E-state index is 12.0. The summed E-state index contributed by atoms with van der Waals surface area (Å²) in [6, 6.07) is 7.92. The maximum Gasteiger partial charge on any atom is 0.257 e. The molecule has 0 saturated heterocycles. The van der Waals surface area contributed by atoms with Crippen molar-refractivity contribution in [2.75, 3.05) is 11.9 Å². The summed E-state index contributed by atoms with van der Waals surface area (Å²) in [5.74, 6) is -0.696. The summed E-state index contributed by atoms with van der Waals surface area (Å²) in [6.07, 6.45) is 2.59. The van der Waals surface area contributed by atoms with E-state index >= 15 is 0 Å². The van der Waals surface area contributed by atoms with Crippen molar-refractivity contribution in [3.63, 3.8) is 0 Å². The van der Waals surface area contributed by atoms with Gasteiger partial charge in [0.05, 0.1) is 11.8 Å². The minimum Gasteiger partial charge on any atom is -0.506 e. The van der Waals surface area contributed by atoms with Gasteiger partial charge in [0.25, 0.3) is 11.8 Å². The lowest BCUT2D eigenvalue weighted by molar-refractivity contribution is 0.0954. The molecule has 108 valence electrons. The summed E-state index contributed by atoms with van der Waals surface area (Å²) in [4.78, 5) is 27.5. The van der Waals surface area contributed by atoms with Crippen LogP contribution in [-0.2, 0) is 0 Å². The second-order valence-electron chi connectivity index (χ2n) is 4.33. The van der Waals surface area contributed by atoms with Gasteiger partial charge in [0.15, 0.2) is 0 Å². The minimum absolute atomic E-state index is 0.0845. The molecule has 1 aromatic carbocycles. The van der Waals surface area contributed by atoms with E-state index in [1.807, 2.05) is 6.92 Å². The van der Waals surface area contributed by atoms with Gasteiger partial charge in [-0.25, -0.2) is 0 Å². The number of anilines is 1. The summed E-state index contributed by atoms with van der Waals surface area (Å²) >= 11 is 0. The number of rotatable bonds is 4. The predicted octanol–water partition coefficient (Wildman–Crippen LogP) is 1.79. The van der Waals surface area contributed by atoms with Crippen LogP contribution in [-0.4, -0.2) is 28.4 Å². The predicted molar refractivity (Wildman–Crippen MR) is 78.3 cm³/mol. The zero-order valence-electron chi connectivity index (χ0n) is 11.5. The van der Waals surface area contributed by atoms with Crippen LogP contribution >= 0.6 is 0 Å². The van der Waals surface area contributed by atoms with Gasteiger partial charge in [0, 0.05) is 24.0 Å². The third-order valence-electron chi connectivity index (χ3n) is 2.71. The van der Waals surface area contributed by atoms with E-state index in [0.717, 1.165) is 0 Å². The van der Waals surface area contributed by atoms with Gasteiger partial charge in [-0.15, -0.1) is 0 Å². The number of aromatic nitrogens is 1. The van der Waals surface area contributed by atoms with E-state index in [4.69, 9.17) is 0 Å². The van der Waals surface area contributed by atoms with Crippen molar-refractivity contribution >= 4 is 17.5 Å². The van der Waals surface area contributed by atoms with Gasteiger partial charge in [-0.2, -0.15) is 0 Å². The maximum atomic E-state index is 12.0. The van der Waals surface area contributed by atoms with Crippen molar-refractivity contribution in [1.29, 1.82) is 0 Å². The first-order valence-corrected chi connectivity index (χ1v) is 6.43. The first-order chi connectivity index (χ1) is 10.1. The van der Waals surface area contributed by atoms with Crippen molar-refractivity contribution in [2.24, 2.45) is 0 Å². The molecule has 0 saturated carbocycles. The number of amides is 2. The summed E-state index contributed by atoms with van der Waals surface area (Å²) in [7, 11) is 0. The molecule has 0 spiro atoms. The Labute approximate surface area is 121 Å². The molecule has 1 heterocycles. The summed E-state index contributed by atoms with van der Waals surface area (Å²) < 4.78 is 0. The van der Waals surface area contributed by atoms with Crippen molar-refractivity contribution in [3.05, 3.63) is 53.9 Å². The van der Waals surface area contributed by atoms with Crippen LogP contribution in [0.5, 0.6) is 5.75 Å². The number of hydrogen-bond acceptors (Lipinski definition) is 4. The molecule has 0 aliphatic heterocycles. The average molecular weight is 285 g/mol. The molecule has 3 N–H and O–H groups in total. The zero-order valence-corrected chi connectivity index (χ0v) is 11.5. The topological polar surface area (TPSA) is 91.3 Å². The van der Waals surface area contributed by atoms with Crippen molar-refractivity contribution in [2.45, 2.75) is 6.92 Å². The number of hydrogen-bond donors (Lipinski definition) is 3. The molecule has 21 heavy (non-hydrogen) atoms. The van der Waals surface area contributed by atoms with Gasteiger partial charge >= 0.3 is 0 Å². The van der Waals surface area contributed by atoms with Gasteiger partial charge in [-0.1, -0.05) is 6.07 Å². The van der Waals surface area contributed by atoms with Crippen LogP contribution < -0.4 is 10.6 Å². The Bertz CT molecular complexity index is 671. The number of aromatic hydroxyl groups is 1. The third kappa shape index (κ3) is 3.79. The Balaban J connectivity index is 2.14. The van der Waals surface area contributed by atoms with Crippen LogP contribution in [0.3, 0.4) is 0 Å². The molecule has 6 heteroatoms. The highest BCUT2D eigenvalue weighted by Crippen LogP contribution is 2.14. The van der Waals surface area contributed by atoms with Gasteiger partial charge in [-0.05, 0) is 31.2 Å². The molecular formula is C15H15N3O3. The molecule has 0 unspecified atom stereocenters. The largest absolute Gasteiger partial charge is 0.506 e. The third-order valence-corrected chi connectivity index (χ3v) is 2.71. The summed E-state index contributed by atoms with van der Waals surface area (Å²) in [6.45, 7) is 2.36. The van der Waals surface area contributed by atoms with Crippen LogP contribution in [0.2, 0.25) is 0 Å². The average Bonchev–Trinajstić information content (AvgIpc) is 2.48. The highest BCUT2D eigenvalue weighted by atomic mass is 16.3. The first-order valence-electron chi connectivity index (χ1n) is 6.43. The summed E-state index contributed by atoms with van der Waals surface area (Å²) in [5.41, 5.74) is 1.19. The van der Waals surface area contributed by atoms with Gasteiger partial charge in [0.2, 0.25) is 0 Å². The van der Waals surface area contributed by atoms with Crippen LogP contribution in [0.15, 0.2) is 42.7 Å². The lowest BCUT2D eigenvalue weighted by atomic mass is 10.1. The van der Waals surface area contributed by atoms with Crippen molar-refractivity contribution < 1.29 is 14.7 Å². The first kappa shape index (κ1) is 14.5. The molecule has 2 amide bonds. The Kier molecular flexibility index (Phi) is 4.50. The fraction of sp³-hybridized carbons (Fsp3) is 0.133. The van der Waals surface area contributed by atoms with Crippen LogP contribution in [0.4, 0.5) is 5.69 Å². The molecule has 0 atom stereocenters. The Morgan fingerprint density at radius 1 is 1.14 bits per heavy atom. The van der Waals surface area contributed by atoms with E-state index in [9.17, 15) is 14.7 Å². The SMILES string of the molecule is CCNC(=O)c1cccc(NC(=O)c2cncc(O)c2)c1. The monoisotopic (exact) mass is 285 g/mol. The molecule has 2 aromatic rings. The molecule has 0 aliphatic carbocycles. The molecular weight excluding hydrogens is 270 g/mol. The quantitative estimate of drug-likeness (QED) is 0.798. The zero-order chi connectivity index (χ0) is 15.2. The lowest BCUT2D eigenvalue weighted by Crippen LogP contribution is -2.22. The van der Waals surface area contributed by atoms with Crippen molar-refractivity contribution in [3.8, 4) is 5.75 Å². The van der Waals surface area contributed by atoms with Gasteiger partial charge in [0.1, 0.15) is 5.75 Å². The second kappa shape index (κ2) is 6.51. The number of nitrogens with one attached hydrogen (secondary N) is 2. The number of nitrogens with zero attached hydrogens (tertiary/aromatic N) is 1. The number of benzene rings is 1. The fourth-order valence-corrected chi connectivity index (χ4v) is 1.76. The molecule has 0 radical (unpaired) electrons. The fourth-order valence-electron chi connectivity index (χ4n) is 1.76. The minimum atomic E-state index is -0.411. The van der Waals surface area contributed by atoms with E-state index in [-0.39, 0.29) is 17.2 Å². The van der Waals surface area contributed by atoms with Crippen LogP contribution in [0, 0.1) is 0 Å². The van der Waals surface area contributed by atoms with E-state index in [0.29, 0.717) is 17.8 Å². The lowest BCUT2D eigenvalue weighted by Gasteiger charge is -2.07. The molecule has 1 aromatic heterocycles. The second-order valence-corrected chi connectivity index (χ2v) is 4.33. The number of carbonyl (C=O) groups is 2. The van der Waals surface area contributed by atoms with E-state index in [1.165, 1.54) is 18.5 Å². The molecule has 6 nitrogen and oxygen atoms in total. The van der Waals surface area contributed by atoms with Gasteiger partial charge < -0.3 is 15.7 Å². The van der Waals surface area contributed by atoms with E-state index < -0.39 is 5.91 Å². The van der Waals surface area contributed by atoms with E-state index in [2.05, 4.69) is 15.6 Å². The molecule has 0 fully saturated rings. The van der Waals surface area contributed by atoms with Gasteiger partial charge in [-0.3, -0.25) is 14.6 Å². The van der Waals surface area contributed by atoms with Crippen LogP contribution in [0.25, 0.3) is 0 Å². The molecule has 0 bridgehead atoms. The normalized spacial score (nSPS) is 9.95. The Morgan fingerprint density at radius 3 is 2.67 bits per heavy atom. The van der Waals surface area contributed by atoms with E-state index in [1.54, 1.807) is 24.3 Å². The molecule has 2 rings (SSSR count). The summed E-state index contributed by atoms with van der Waals surface area (Å²) in [5, 5.41) is 14.6.